The molecule has 3 amide bonds. The van der Waals surface area contributed by atoms with Crippen LogP contribution in [-0.4, -0.2) is 44.6 Å². The molecule has 1 aromatic heterocycles. The highest BCUT2D eigenvalue weighted by Crippen LogP contribution is 2.06. The fourth-order valence-electron chi connectivity index (χ4n) is 1.54. The lowest BCUT2D eigenvalue weighted by atomic mass is 10.0. The molecule has 0 aromatic carbocycles. The van der Waals surface area contributed by atoms with Gasteiger partial charge in [0.1, 0.15) is 0 Å². The quantitative estimate of drug-likeness (QED) is 0.625. The predicted molar refractivity (Wildman–Crippen MR) is 67.6 cm³/mol. The molecule has 9 nitrogen and oxygen atoms in total. The van der Waals surface area contributed by atoms with Crippen LogP contribution in [-0.2, 0) is 16.1 Å². The van der Waals surface area contributed by atoms with Gasteiger partial charge in [-0.25, -0.2) is 4.79 Å². The van der Waals surface area contributed by atoms with Crippen molar-refractivity contribution in [1.29, 1.82) is 0 Å². The molecule has 0 bridgehead atoms. The molecule has 0 aliphatic heterocycles. The van der Waals surface area contributed by atoms with Gasteiger partial charge in [0.25, 0.3) is 0 Å². The van der Waals surface area contributed by atoms with Gasteiger partial charge in [0.05, 0.1) is 12.7 Å². The van der Waals surface area contributed by atoms with Crippen molar-refractivity contribution in [3.8, 4) is 0 Å². The molecule has 1 heterocycles. The first-order chi connectivity index (χ1) is 9.47. The number of carboxylic acids is 1. The van der Waals surface area contributed by atoms with E-state index in [0.717, 1.165) is 0 Å². The second-order valence-corrected chi connectivity index (χ2v) is 4.38. The number of nitrogens with zero attached hydrogens (tertiary/aromatic N) is 3. The molecule has 0 radical (unpaired) electrons. The third-order valence-corrected chi connectivity index (χ3v) is 2.41. The summed E-state index contributed by atoms with van der Waals surface area (Å²) in [5, 5.41) is 20.5. The maximum Gasteiger partial charge on any atom is 0.321 e. The smallest absolute Gasteiger partial charge is 0.321 e. The second-order valence-electron chi connectivity index (χ2n) is 4.38. The van der Waals surface area contributed by atoms with E-state index in [4.69, 9.17) is 5.11 Å². The Morgan fingerprint density at radius 3 is 2.70 bits per heavy atom. The highest BCUT2D eigenvalue weighted by atomic mass is 16.4. The van der Waals surface area contributed by atoms with Crippen molar-refractivity contribution in [3.05, 3.63) is 12.4 Å². The van der Waals surface area contributed by atoms with Gasteiger partial charge >= 0.3 is 12.0 Å². The molecule has 9 heteroatoms. The Morgan fingerprint density at radius 1 is 1.35 bits per heavy atom. The molecule has 3 N–H and O–H groups in total. The van der Waals surface area contributed by atoms with E-state index in [0.29, 0.717) is 13.1 Å². The Balaban J connectivity index is 2.17. The molecule has 1 unspecified atom stereocenters. The fraction of sp³-hybridized carbons (Fsp3) is 0.545. The lowest BCUT2D eigenvalue weighted by molar-refractivity contribution is -0.138. The summed E-state index contributed by atoms with van der Waals surface area (Å²) in [5.74, 6) is -1.80. The van der Waals surface area contributed by atoms with E-state index in [1.807, 2.05) is 0 Å². The molecule has 0 saturated carbocycles. The average Bonchev–Trinajstić information content (AvgIpc) is 2.80. The van der Waals surface area contributed by atoms with Crippen LogP contribution in [0.2, 0.25) is 0 Å². The zero-order valence-electron chi connectivity index (χ0n) is 11.1. The predicted octanol–water partition coefficient (Wildman–Crippen LogP) is -0.395. The van der Waals surface area contributed by atoms with Crippen molar-refractivity contribution in [1.82, 2.24) is 25.6 Å². The number of carbonyl (C=O) groups is 3. The first-order valence-electron chi connectivity index (χ1n) is 6.11. The monoisotopic (exact) mass is 283 g/mol. The summed E-state index contributed by atoms with van der Waals surface area (Å²) in [5.41, 5.74) is 0. The van der Waals surface area contributed by atoms with Gasteiger partial charge in [-0.1, -0.05) is 12.1 Å². The minimum atomic E-state index is -0.970. The van der Waals surface area contributed by atoms with Crippen LogP contribution in [0, 0.1) is 5.92 Å². The Hall–Kier alpha value is -2.45. The van der Waals surface area contributed by atoms with E-state index in [-0.39, 0.29) is 18.8 Å². The first-order valence-corrected chi connectivity index (χ1v) is 6.11. The van der Waals surface area contributed by atoms with E-state index in [1.165, 1.54) is 10.9 Å². The minimum Gasteiger partial charge on any atom is -0.481 e. The first kappa shape index (κ1) is 15.6. The van der Waals surface area contributed by atoms with E-state index in [9.17, 15) is 14.4 Å². The molecule has 1 aromatic rings. The van der Waals surface area contributed by atoms with Gasteiger partial charge in [-0.15, -0.1) is 5.10 Å². The second kappa shape index (κ2) is 7.87. The van der Waals surface area contributed by atoms with Crippen LogP contribution in [0.15, 0.2) is 12.4 Å². The summed E-state index contributed by atoms with van der Waals surface area (Å²) in [6, 6.07) is -0.613. The van der Waals surface area contributed by atoms with Gasteiger partial charge in [0, 0.05) is 25.6 Å². The van der Waals surface area contributed by atoms with Crippen LogP contribution in [0.5, 0.6) is 0 Å². The number of nitrogens with one attached hydrogen (secondary N) is 2. The van der Waals surface area contributed by atoms with Crippen LogP contribution in [0.3, 0.4) is 0 Å². The molecule has 1 atom stereocenters. The van der Waals surface area contributed by atoms with Crippen molar-refractivity contribution >= 4 is 17.9 Å². The number of hydrogen-bond donors (Lipinski definition) is 3. The van der Waals surface area contributed by atoms with Crippen LogP contribution >= 0.6 is 0 Å². The highest BCUT2D eigenvalue weighted by molar-refractivity contribution is 5.94. The Kier molecular flexibility index (Phi) is 6.14. The van der Waals surface area contributed by atoms with Gasteiger partial charge in [0.2, 0.25) is 5.91 Å². The number of hydrogen-bond acceptors (Lipinski definition) is 5. The molecule has 1 rings (SSSR count). The Bertz CT molecular complexity index is 459. The molecule has 0 aliphatic rings. The fourth-order valence-corrected chi connectivity index (χ4v) is 1.54. The summed E-state index contributed by atoms with van der Waals surface area (Å²) in [4.78, 5) is 33.3. The number of aliphatic carboxylic acids is 1. The number of rotatable bonds is 7. The van der Waals surface area contributed by atoms with Crippen molar-refractivity contribution < 1.29 is 19.5 Å². The number of aromatic nitrogens is 3. The van der Waals surface area contributed by atoms with E-state index < -0.39 is 17.9 Å². The largest absolute Gasteiger partial charge is 0.481 e. The van der Waals surface area contributed by atoms with Crippen molar-refractivity contribution in [2.24, 2.45) is 5.92 Å². The third-order valence-electron chi connectivity index (χ3n) is 2.41. The van der Waals surface area contributed by atoms with Crippen molar-refractivity contribution in [2.45, 2.75) is 26.3 Å². The average molecular weight is 283 g/mol. The van der Waals surface area contributed by atoms with E-state index in [1.54, 1.807) is 13.1 Å². The summed E-state index contributed by atoms with van der Waals surface area (Å²) >= 11 is 0. The molecule has 0 spiro atoms. The topological polar surface area (TPSA) is 126 Å². The van der Waals surface area contributed by atoms with E-state index in [2.05, 4.69) is 20.9 Å². The number of amides is 3. The van der Waals surface area contributed by atoms with Crippen LogP contribution in [0.1, 0.15) is 19.8 Å². The summed E-state index contributed by atoms with van der Waals surface area (Å²) in [6.45, 7) is 2.38. The lowest BCUT2D eigenvalue weighted by Crippen LogP contribution is -2.41. The van der Waals surface area contributed by atoms with Crippen LogP contribution < -0.4 is 10.6 Å². The molecule has 110 valence electrons. The highest BCUT2D eigenvalue weighted by Gasteiger charge is 2.14. The van der Waals surface area contributed by atoms with E-state index >= 15 is 0 Å². The maximum atomic E-state index is 11.4. The zero-order valence-corrected chi connectivity index (χ0v) is 11.1. The Morgan fingerprint density at radius 2 is 2.10 bits per heavy atom. The molecular formula is C11H17N5O4. The van der Waals surface area contributed by atoms with Gasteiger partial charge in [-0.05, 0) is 5.92 Å². The van der Waals surface area contributed by atoms with Crippen LogP contribution in [0.4, 0.5) is 4.79 Å². The summed E-state index contributed by atoms with van der Waals surface area (Å²) < 4.78 is 1.54. The summed E-state index contributed by atoms with van der Waals surface area (Å²) in [7, 11) is 0. The van der Waals surface area contributed by atoms with Crippen molar-refractivity contribution in [3.63, 3.8) is 0 Å². The van der Waals surface area contributed by atoms with Gasteiger partial charge < -0.3 is 10.4 Å². The maximum absolute atomic E-state index is 11.4. The number of carboxylic acid groups (broad SMARTS) is 1. The molecule has 20 heavy (non-hydrogen) atoms. The molecule has 0 fully saturated rings. The normalized spacial score (nSPS) is 11.7. The van der Waals surface area contributed by atoms with Gasteiger partial charge in [-0.3, -0.25) is 19.6 Å². The zero-order chi connectivity index (χ0) is 15.0. The number of urea groups is 1. The number of carbonyl (C=O) groups excluding carboxylic acids is 2. The van der Waals surface area contributed by atoms with Crippen LogP contribution in [0.25, 0.3) is 0 Å². The number of imide groups is 1. The molecule has 0 aliphatic carbocycles. The minimum absolute atomic E-state index is 0.0111. The van der Waals surface area contributed by atoms with Crippen molar-refractivity contribution in [2.75, 3.05) is 6.54 Å². The standard InChI is InChI=1S/C11H17N5O4/c1-8(7-10(18)19)6-9(17)14-11(20)12-2-4-16-5-3-13-15-16/h3,5,8H,2,4,6-7H2,1H3,(H,18,19)(H2,12,14,17,20). The van der Waals surface area contributed by atoms with Gasteiger partial charge in [0.15, 0.2) is 0 Å². The third kappa shape index (κ3) is 6.47. The Labute approximate surface area is 115 Å². The summed E-state index contributed by atoms with van der Waals surface area (Å²) in [6.07, 6.45) is 3.05. The van der Waals surface area contributed by atoms with Gasteiger partial charge in [-0.2, -0.15) is 0 Å². The SMILES string of the molecule is CC(CC(=O)O)CC(=O)NC(=O)NCCn1ccnn1. The molecule has 0 saturated heterocycles. The molecular weight excluding hydrogens is 266 g/mol. The lowest BCUT2D eigenvalue weighted by Gasteiger charge is -2.09.